The number of hydrogen-bond acceptors (Lipinski definition) is 5. The Hall–Kier alpha value is -3.31. The van der Waals surface area contributed by atoms with Crippen LogP contribution in [0.15, 0.2) is 62.0 Å². The molecule has 0 radical (unpaired) electrons. The average molecular weight is 504 g/mol. The van der Waals surface area contributed by atoms with Gasteiger partial charge in [0.25, 0.3) is 0 Å². The second kappa shape index (κ2) is 12.6. The molecule has 1 saturated heterocycles. The number of allylic oxidation sites excluding steroid dienone is 1. The molecule has 4 rings (SSSR count). The van der Waals surface area contributed by atoms with E-state index in [4.69, 9.17) is 16.6 Å². The lowest BCUT2D eigenvalue weighted by atomic mass is 10.1. The summed E-state index contributed by atoms with van der Waals surface area (Å²) in [5, 5.41) is 4.66. The van der Waals surface area contributed by atoms with E-state index in [1.54, 1.807) is 12.3 Å². The Kier molecular flexibility index (Phi) is 9.54. The lowest BCUT2D eigenvalue weighted by molar-refractivity contribution is 0.215. The van der Waals surface area contributed by atoms with Crippen LogP contribution in [-0.2, 0) is 0 Å². The summed E-state index contributed by atoms with van der Waals surface area (Å²) in [7, 11) is 1.84. The van der Waals surface area contributed by atoms with Crippen LogP contribution in [0.5, 0.6) is 0 Å². The van der Waals surface area contributed by atoms with E-state index in [0.29, 0.717) is 5.02 Å². The van der Waals surface area contributed by atoms with Crippen molar-refractivity contribution in [2.45, 2.75) is 33.6 Å². The predicted octanol–water partition coefficient (Wildman–Crippen LogP) is 7.56. The summed E-state index contributed by atoms with van der Waals surface area (Å²) in [6.45, 7) is 22.5. The number of anilines is 1. The molecule has 3 aromatic rings. The van der Waals surface area contributed by atoms with E-state index in [2.05, 4.69) is 72.7 Å². The fourth-order valence-corrected chi connectivity index (χ4v) is 4.30. The summed E-state index contributed by atoms with van der Waals surface area (Å²) < 4.78 is 0. The smallest absolute Gasteiger partial charge is 0.132 e. The van der Waals surface area contributed by atoms with Crippen LogP contribution in [0.4, 0.5) is 5.82 Å². The third kappa shape index (κ3) is 6.27. The highest BCUT2D eigenvalue weighted by Gasteiger charge is 2.19. The monoisotopic (exact) mass is 503 g/mol. The first kappa shape index (κ1) is 27.3. The molecule has 1 aliphatic rings. The van der Waals surface area contributed by atoms with E-state index in [0.717, 1.165) is 76.7 Å². The summed E-state index contributed by atoms with van der Waals surface area (Å²) in [5.74, 6) is 0.779. The molecule has 1 fully saturated rings. The zero-order valence-corrected chi connectivity index (χ0v) is 22.8. The second-order valence-electron chi connectivity index (χ2n) is 8.99. The number of hydrogen-bond donors (Lipinski definition) is 1. The zero-order valence-electron chi connectivity index (χ0n) is 22.1. The largest absolute Gasteiger partial charge is 0.373 e. The number of unbranched alkanes of at least 4 members (excludes halogenated alkanes) is 1. The van der Waals surface area contributed by atoms with Gasteiger partial charge in [0, 0.05) is 67.3 Å². The van der Waals surface area contributed by atoms with Gasteiger partial charge in [0.1, 0.15) is 5.82 Å². The van der Waals surface area contributed by atoms with Crippen LogP contribution in [0.2, 0.25) is 5.02 Å². The molecule has 1 aromatic carbocycles. The van der Waals surface area contributed by atoms with E-state index in [9.17, 15) is 0 Å². The minimum absolute atomic E-state index is 0.662. The maximum atomic E-state index is 6.63. The molecule has 36 heavy (non-hydrogen) atoms. The van der Waals surface area contributed by atoms with Gasteiger partial charge < -0.3 is 15.1 Å². The maximum absolute atomic E-state index is 6.63. The van der Waals surface area contributed by atoms with Crippen LogP contribution in [0.3, 0.4) is 0 Å². The van der Waals surface area contributed by atoms with Crippen molar-refractivity contribution in [2.75, 3.05) is 38.5 Å². The van der Waals surface area contributed by atoms with Crippen molar-refractivity contribution in [1.82, 2.24) is 19.8 Å². The van der Waals surface area contributed by atoms with Gasteiger partial charge in [0.2, 0.25) is 0 Å². The van der Waals surface area contributed by atoms with Crippen molar-refractivity contribution in [2.24, 2.45) is 0 Å². The molecule has 1 aliphatic heterocycles. The van der Waals surface area contributed by atoms with Crippen molar-refractivity contribution in [3.63, 3.8) is 0 Å². The number of pyridine rings is 2. The minimum Gasteiger partial charge on any atom is -0.373 e. The summed E-state index contributed by atoms with van der Waals surface area (Å²) in [5.41, 5.74) is 6.59. The first-order valence-corrected chi connectivity index (χ1v) is 13.0. The molecular formula is C30H38ClN5. The van der Waals surface area contributed by atoms with Gasteiger partial charge in [-0.15, -0.1) is 0 Å². The molecule has 0 saturated carbocycles. The Morgan fingerprint density at radius 1 is 1.06 bits per heavy atom. The summed E-state index contributed by atoms with van der Waals surface area (Å²) >= 11 is 6.63. The summed E-state index contributed by atoms with van der Waals surface area (Å²) in [4.78, 5) is 14.0. The molecule has 0 amide bonds. The number of rotatable bonds is 7. The van der Waals surface area contributed by atoms with Gasteiger partial charge in [0.05, 0.1) is 16.2 Å². The molecule has 0 atom stereocenters. The van der Waals surface area contributed by atoms with Gasteiger partial charge in [-0.25, -0.2) is 9.97 Å². The van der Waals surface area contributed by atoms with Crippen molar-refractivity contribution in [3.8, 4) is 11.3 Å². The van der Waals surface area contributed by atoms with Crippen molar-refractivity contribution >= 4 is 40.1 Å². The Morgan fingerprint density at radius 2 is 1.72 bits per heavy atom. The predicted molar refractivity (Wildman–Crippen MR) is 157 cm³/mol. The van der Waals surface area contributed by atoms with Crippen molar-refractivity contribution in [3.05, 3.63) is 78.1 Å². The first-order chi connectivity index (χ1) is 17.3. The highest BCUT2D eigenvalue weighted by molar-refractivity contribution is 6.35. The number of piperazine rings is 1. The van der Waals surface area contributed by atoms with Gasteiger partial charge >= 0.3 is 0 Å². The maximum Gasteiger partial charge on any atom is 0.132 e. The molecule has 1 N–H and O–H groups in total. The third-order valence-electron chi connectivity index (χ3n) is 6.46. The zero-order chi connectivity index (χ0) is 26.2. The van der Waals surface area contributed by atoms with Gasteiger partial charge in [-0.2, -0.15) is 0 Å². The van der Waals surface area contributed by atoms with Gasteiger partial charge in [-0.1, -0.05) is 76.2 Å². The number of nitrogens with zero attached hydrogens (tertiary/aromatic N) is 4. The second-order valence-corrected chi connectivity index (χ2v) is 9.40. The Balaban J connectivity index is 0.000000840. The van der Waals surface area contributed by atoms with Crippen LogP contribution in [0.1, 0.15) is 44.7 Å². The Labute approximate surface area is 221 Å². The first-order valence-electron chi connectivity index (χ1n) is 12.6. The van der Waals surface area contributed by atoms with Gasteiger partial charge in [-0.05, 0) is 30.7 Å². The molecular weight excluding hydrogens is 466 g/mol. The normalized spacial score (nSPS) is 13.1. The highest BCUT2D eigenvalue weighted by Crippen LogP contribution is 2.31. The topological polar surface area (TPSA) is 44.3 Å². The van der Waals surface area contributed by atoms with Crippen molar-refractivity contribution < 1.29 is 0 Å². The minimum atomic E-state index is 0.662. The van der Waals surface area contributed by atoms with E-state index in [1.165, 1.54) is 12.8 Å². The number of fused-ring (bicyclic) bond motifs is 1. The number of halogens is 1. The van der Waals surface area contributed by atoms with E-state index < -0.39 is 0 Å². The number of nitrogens with one attached hydrogen (secondary N) is 1. The molecule has 6 heteroatoms. The summed E-state index contributed by atoms with van der Waals surface area (Å²) in [6.07, 6.45) is 6.22. The van der Waals surface area contributed by atoms with E-state index in [-0.39, 0.29) is 0 Å². The molecule has 0 aliphatic carbocycles. The Bertz CT molecular complexity index is 1240. The van der Waals surface area contributed by atoms with Crippen LogP contribution in [0.25, 0.3) is 33.9 Å². The number of benzene rings is 1. The van der Waals surface area contributed by atoms with Gasteiger partial charge in [-0.3, -0.25) is 0 Å². The van der Waals surface area contributed by atoms with Crippen LogP contribution in [-0.4, -0.2) is 53.0 Å². The SMILES string of the molecule is C=Cc1cc(-c2cc(Cl)c3ccc(C(=C)N4CCN(C(=C)C)CC4)cc3n2)cnc1NC.CCCC. The number of aromatic nitrogens is 2. The molecule has 0 spiro atoms. The van der Waals surface area contributed by atoms with E-state index >= 15 is 0 Å². The third-order valence-corrected chi connectivity index (χ3v) is 6.78. The molecule has 0 bridgehead atoms. The van der Waals surface area contributed by atoms with Crippen LogP contribution < -0.4 is 5.32 Å². The fraction of sp³-hybridized carbons (Fsp3) is 0.333. The summed E-state index contributed by atoms with van der Waals surface area (Å²) in [6, 6.07) is 10.1. The molecule has 2 aromatic heterocycles. The standard InChI is InChI=1S/C26H28ClN5.C4H10/c1-6-19-13-21(16-29-26(19)28-5)24-15-23(27)22-8-7-20(14-25(22)30-24)18(4)32-11-9-31(10-12-32)17(2)3;1-3-4-2/h6-8,13-16H,1-2,4,9-12H2,3,5H3,(H,28,29);3-4H2,1-2H3. The lowest BCUT2D eigenvalue weighted by Crippen LogP contribution is -2.44. The lowest BCUT2D eigenvalue weighted by Gasteiger charge is -2.38. The quantitative estimate of drug-likeness (QED) is 0.360. The highest BCUT2D eigenvalue weighted by atomic mass is 35.5. The molecule has 5 nitrogen and oxygen atoms in total. The van der Waals surface area contributed by atoms with Crippen molar-refractivity contribution in [1.29, 1.82) is 0 Å². The fourth-order valence-electron chi connectivity index (χ4n) is 4.04. The van der Waals surface area contributed by atoms with Crippen LogP contribution in [0, 0.1) is 0 Å². The van der Waals surface area contributed by atoms with E-state index in [1.807, 2.05) is 25.2 Å². The molecule has 190 valence electrons. The van der Waals surface area contributed by atoms with Crippen LogP contribution >= 0.6 is 11.6 Å². The van der Waals surface area contributed by atoms with Gasteiger partial charge in [0.15, 0.2) is 0 Å². The molecule has 3 heterocycles. The molecule has 0 unspecified atom stereocenters. The average Bonchev–Trinajstić information content (AvgIpc) is 2.92. The Morgan fingerprint density at radius 3 is 2.31 bits per heavy atom.